The summed E-state index contributed by atoms with van der Waals surface area (Å²) >= 11 is 3.59. The van der Waals surface area contributed by atoms with E-state index in [4.69, 9.17) is 4.74 Å². The molecule has 1 aliphatic heterocycles. The molecule has 1 atom stereocenters. The summed E-state index contributed by atoms with van der Waals surface area (Å²) in [6, 6.07) is 4.97. The van der Waals surface area contributed by atoms with E-state index in [0.29, 0.717) is 6.04 Å². The monoisotopic (exact) mass is 311 g/mol. The predicted molar refractivity (Wildman–Crippen MR) is 79.2 cm³/mol. The van der Waals surface area contributed by atoms with Gasteiger partial charge in [-0.1, -0.05) is 36.2 Å². The molecule has 0 radical (unpaired) electrons. The van der Waals surface area contributed by atoms with Gasteiger partial charge < -0.3 is 10.1 Å². The van der Waals surface area contributed by atoms with Crippen LogP contribution in [0.3, 0.4) is 0 Å². The van der Waals surface area contributed by atoms with Crippen LogP contribution in [0, 0.1) is 0 Å². The average molecular weight is 312 g/mol. The molecule has 0 amide bonds. The molecule has 2 rings (SSSR count). The first kappa shape index (κ1) is 13.9. The zero-order valence-electron chi connectivity index (χ0n) is 11.3. The molecule has 0 aliphatic carbocycles. The highest BCUT2D eigenvalue weighted by Crippen LogP contribution is 2.33. The Bertz CT molecular complexity index is 406. The van der Waals surface area contributed by atoms with Crippen LogP contribution in [-0.2, 0) is 13.0 Å². The highest BCUT2D eigenvalue weighted by atomic mass is 79.9. The Hall–Kier alpha value is -0.540. The van der Waals surface area contributed by atoms with E-state index in [1.807, 2.05) is 0 Å². The molecule has 0 fully saturated rings. The minimum atomic E-state index is 0.617. The lowest BCUT2D eigenvalue weighted by Crippen LogP contribution is -2.27. The molecule has 0 saturated carbocycles. The Labute approximate surface area is 118 Å². The third-order valence-electron chi connectivity index (χ3n) is 3.54. The Kier molecular flexibility index (Phi) is 5.07. The van der Waals surface area contributed by atoms with Gasteiger partial charge >= 0.3 is 0 Å². The van der Waals surface area contributed by atoms with Crippen molar-refractivity contribution in [2.75, 3.05) is 6.61 Å². The molecule has 18 heavy (non-hydrogen) atoms. The van der Waals surface area contributed by atoms with Crippen LogP contribution in [-0.4, -0.2) is 12.6 Å². The number of hydrogen-bond donors (Lipinski definition) is 1. The van der Waals surface area contributed by atoms with E-state index in [2.05, 4.69) is 47.2 Å². The van der Waals surface area contributed by atoms with Gasteiger partial charge in [0.05, 0.1) is 6.61 Å². The lowest BCUT2D eigenvalue weighted by atomic mass is 10.1. The van der Waals surface area contributed by atoms with Crippen molar-refractivity contribution in [2.45, 2.75) is 52.1 Å². The molecule has 1 heterocycles. The molecular formula is C15H22BrNO. The molecule has 3 heteroatoms. The number of rotatable bonds is 6. The van der Waals surface area contributed by atoms with Crippen LogP contribution >= 0.6 is 15.9 Å². The lowest BCUT2D eigenvalue weighted by Gasteiger charge is -2.17. The van der Waals surface area contributed by atoms with E-state index in [0.717, 1.165) is 29.8 Å². The van der Waals surface area contributed by atoms with Gasteiger partial charge in [-0.05, 0) is 30.5 Å². The molecule has 1 N–H and O–H groups in total. The van der Waals surface area contributed by atoms with Crippen molar-refractivity contribution in [3.05, 3.63) is 27.7 Å². The van der Waals surface area contributed by atoms with Crippen molar-refractivity contribution in [3.8, 4) is 5.75 Å². The Morgan fingerprint density at radius 3 is 2.94 bits per heavy atom. The SMILES string of the molecule is CCCC(CC)NCc1cc(Br)cc2c1OCC2. The fourth-order valence-corrected chi connectivity index (χ4v) is 3.08. The zero-order valence-corrected chi connectivity index (χ0v) is 12.8. The van der Waals surface area contributed by atoms with Crippen molar-refractivity contribution < 1.29 is 4.74 Å². The largest absolute Gasteiger partial charge is 0.493 e. The number of benzene rings is 1. The molecule has 2 nitrogen and oxygen atoms in total. The highest BCUT2D eigenvalue weighted by molar-refractivity contribution is 9.10. The maximum absolute atomic E-state index is 5.75. The van der Waals surface area contributed by atoms with Crippen LogP contribution in [0.25, 0.3) is 0 Å². The van der Waals surface area contributed by atoms with Gasteiger partial charge in [0.15, 0.2) is 0 Å². The highest BCUT2D eigenvalue weighted by Gasteiger charge is 2.17. The average Bonchev–Trinajstić information content (AvgIpc) is 2.82. The molecule has 0 saturated heterocycles. The first-order valence-electron chi connectivity index (χ1n) is 6.92. The maximum Gasteiger partial charge on any atom is 0.127 e. The first-order valence-corrected chi connectivity index (χ1v) is 7.71. The van der Waals surface area contributed by atoms with Gasteiger partial charge in [-0.3, -0.25) is 0 Å². The normalized spacial score (nSPS) is 15.3. The first-order chi connectivity index (χ1) is 8.74. The van der Waals surface area contributed by atoms with Gasteiger partial charge in [0.1, 0.15) is 5.75 Å². The van der Waals surface area contributed by atoms with Crippen molar-refractivity contribution in [2.24, 2.45) is 0 Å². The quantitative estimate of drug-likeness (QED) is 0.855. The van der Waals surface area contributed by atoms with Gasteiger partial charge in [0.2, 0.25) is 0 Å². The molecule has 1 unspecified atom stereocenters. The van der Waals surface area contributed by atoms with Crippen molar-refractivity contribution in [1.29, 1.82) is 0 Å². The smallest absolute Gasteiger partial charge is 0.127 e. The standard InChI is InChI=1S/C15H22BrNO/c1-3-5-14(4-2)17-10-12-9-13(16)8-11-6-7-18-15(11)12/h8-9,14,17H,3-7,10H2,1-2H3. The Balaban J connectivity index is 2.05. The second-order valence-electron chi connectivity index (χ2n) is 4.93. The lowest BCUT2D eigenvalue weighted by molar-refractivity contribution is 0.350. The molecule has 1 aromatic rings. The number of nitrogens with one attached hydrogen (secondary N) is 1. The molecule has 1 aromatic carbocycles. The summed E-state index contributed by atoms with van der Waals surface area (Å²) in [6.07, 6.45) is 4.70. The number of fused-ring (bicyclic) bond motifs is 1. The van der Waals surface area contributed by atoms with Crippen LogP contribution in [0.1, 0.15) is 44.2 Å². The van der Waals surface area contributed by atoms with E-state index in [9.17, 15) is 0 Å². The van der Waals surface area contributed by atoms with E-state index in [-0.39, 0.29) is 0 Å². The van der Waals surface area contributed by atoms with Crippen molar-refractivity contribution >= 4 is 15.9 Å². The fourth-order valence-electron chi connectivity index (χ4n) is 2.53. The van der Waals surface area contributed by atoms with Gasteiger partial charge in [-0.2, -0.15) is 0 Å². The van der Waals surface area contributed by atoms with E-state index in [1.165, 1.54) is 30.4 Å². The van der Waals surface area contributed by atoms with E-state index >= 15 is 0 Å². The maximum atomic E-state index is 5.75. The Morgan fingerprint density at radius 1 is 1.39 bits per heavy atom. The number of halogens is 1. The van der Waals surface area contributed by atoms with Crippen molar-refractivity contribution in [1.82, 2.24) is 5.32 Å². The predicted octanol–water partition coefficient (Wildman–Crippen LogP) is 4.05. The van der Waals surface area contributed by atoms with Crippen LogP contribution in [0.2, 0.25) is 0 Å². The second kappa shape index (κ2) is 6.58. The molecular weight excluding hydrogens is 290 g/mol. The summed E-state index contributed by atoms with van der Waals surface area (Å²) in [6.45, 7) is 6.21. The fraction of sp³-hybridized carbons (Fsp3) is 0.600. The van der Waals surface area contributed by atoms with Gasteiger partial charge in [0.25, 0.3) is 0 Å². The molecule has 0 bridgehead atoms. The van der Waals surface area contributed by atoms with Crippen LogP contribution in [0.15, 0.2) is 16.6 Å². The molecule has 100 valence electrons. The minimum Gasteiger partial charge on any atom is -0.493 e. The Morgan fingerprint density at radius 2 is 2.22 bits per heavy atom. The zero-order chi connectivity index (χ0) is 13.0. The summed E-state index contributed by atoms with van der Waals surface area (Å²) < 4.78 is 6.91. The van der Waals surface area contributed by atoms with E-state index in [1.54, 1.807) is 0 Å². The summed E-state index contributed by atoms with van der Waals surface area (Å²) in [5.41, 5.74) is 2.62. The molecule has 0 aromatic heterocycles. The number of hydrogen-bond acceptors (Lipinski definition) is 2. The van der Waals surface area contributed by atoms with Gasteiger partial charge in [-0.25, -0.2) is 0 Å². The third-order valence-corrected chi connectivity index (χ3v) is 3.99. The van der Waals surface area contributed by atoms with Gasteiger partial charge in [0, 0.05) is 29.0 Å². The topological polar surface area (TPSA) is 21.3 Å². The van der Waals surface area contributed by atoms with Crippen LogP contribution < -0.4 is 10.1 Å². The molecule has 0 spiro atoms. The summed E-state index contributed by atoms with van der Waals surface area (Å²) in [4.78, 5) is 0. The summed E-state index contributed by atoms with van der Waals surface area (Å²) in [5, 5.41) is 3.64. The summed E-state index contributed by atoms with van der Waals surface area (Å²) in [5.74, 6) is 1.11. The molecule has 1 aliphatic rings. The van der Waals surface area contributed by atoms with Crippen molar-refractivity contribution in [3.63, 3.8) is 0 Å². The van der Waals surface area contributed by atoms with Gasteiger partial charge in [-0.15, -0.1) is 0 Å². The summed E-state index contributed by atoms with van der Waals surface area (Å²) in [7, 11) is 0. The second-order valence-corrected chi connectivity index (χ2v) is 5.84. The number of ether oxygens (including phenoxy) is 1. The van der Waals surface area contributed by atoms with Crippen LogP contribution in [0.4, 0.5) is 0 Å². The van der Waals surface area contributed by atoms with Crippen LogP contribution in [0.5, 0.6) is 5.75 Å². The minimum absolute atomic E-state index is 0.617. The third kappa shape index (κ3) is 3.27. The van der Waals surface area contributed by atoms with E-state index < -0.39 is 0 Å².